The van der Waals surface area contributed by atoms with Crippen molar-refractivity contribution in [3.05, 3.63) is 35.2 Å². The molecule has 158 valence electrons. The minimum absolute atomic E-state index is 0.000842. The summed E-state index contributed by atoms with van der Waals surface area (Å²) in [6, 6.07) is 7.49. The van der Waals surface area contributed by atoms with Crippen LogP contribution in [0.3, 0.4) is 0 Å². The molecule has 4 rings (SSSR count). The van der Waals surface area contributed by atoms with Crippen molar-refractivity contribution in [1.29, 1.82) is 0 Å². The minimum Gasteiger partial charge on any atom is -0.419 e. The van der Waals surface area contributed by atoms with Gasteiger partial charge in [0.15, 0.2) is 0 Å². The zero-order valence-corrected chi connectivity index (χ0v) is 18.3. The lowest BCUT2D eigenvalue weighted by Crippen LogP contribution is -2.34. The summed E-state index contributed by atoms with van der Waals surface area (Å²) in [5.41, 5.74) is 0.676. The quantitative estimate of drug-likeness (QED) is 0.460. The molecule has 30 heavy (non-hydrogen) atoms. The highest BCUT2D eigenvalue weighted by atomic mass is 35.5. The lowest BCUT2D eigenvalue weighted by molar-refractivity contribution is -0.129. The Morgan fingerprint density at radius 3 is 2.83 bits per heavy atom. The summed E-state index contributed by atoms with van der Waals surface area (Å²) >= 11 is 7.55. The number of rotatable bonds is 9. The van der Waals surface area contributed by atoms with Gasteiger partial charge in [-0.3, -0.25) is 4.79 Å². The Hall–Kier alpha value is -2.46. The van der Waals surface area contributed by atoms with Crippen LogP contribution in [0, 0.1) is 5.92 Å². The van der Waals surface area contributed by atoms with Gasteiger partial charge in [0.2, 0.25) is 22.8 Å². The fourth-order valence-electron chi connectivity index (χ4n) is 2.98. The molecule has 0 radical (unpaired) electrons. The highest BCUT2D eigenvalue weighted by Gasteiger charge is 2.34. The van der Waals surface area contributed by atoms with Crippen LogP contribution in [-0.4, -0.2) is 53.0 Å². The Labute approximate surface area is 183 Å². The maximum Gasteiger partial charge on any atom is 0.249 e. The van der Waals surface area contributed by atoms with E-state index in [-0.39, 0.29) is 24.2 Å². The molecule has 1 aliphatic rings. The number of hydrogen-bond donors (Lipinski definition) is 0. The van der Waals surface area contributed by atoms with E-state index >= 15 is 0 Å². The summed E-state index contributed by atoms with van der Waals surface area (Å²) < 4.78 is 7.51. The second kappa shape index (κ2) is 9.13. The third-order valence-electron chi connectivity index (χ3n) is 4.55. The van der Waals surface area contributed by atoms with Crippen molar-refractivity contribution in [2.75, 3.05) is 5.75 Å². The zero-order valence-electron chi connectivity index (χ0n) is 16.7. The molecule has 0 saturated heterocycles. The molecule has 11 heteroatoms. The number of nitrogens with zero attached hydrogens (tertiary/aromatic N) is 7. The van der Waals surface area contributed by atoms with Gasteiger partial charge in [-0.1, -0.05) is 49.3 Å². The van der Waals surface area contributed by atoms with Gasteiger partial charge in [-0.05, 0) is 41.3 Å². The molecule has 1 aromatic carbocycles. The molecular formula is C19H22ClN7O2S. The summed E-state index contributed by atoms with van der Waals surface area (Å²) in [4.78, 5) is 14.7. The predicted molar refractivity (Wildman–Crippen MR) is 112 cm³/mol. The molecule has 9 nitrogen and oxygen atoms in total. The van der Waals surface area contributed by atoms with Crippen LogP contribution in [0.15, 0.2) is 33.8 Å². The Kier molecular flexibility index (Phi) is 6.33. The van der Waals surface area contributed by atoms with E-state index < -0.39 is 0 Å². The number of carbonyl (C=O) groups excluding carboxylic acids is 1. The van der Waals surface area contributed by atoms with Crippen molar-refractivity contribution in [2.45, 2.75) is 51.0 Å². The summed E-state index contributed by atoms with van der Waals surface area (Å²) in [5, 5.41) is 21.1. The molecule has 1 amide bonds. The Bertz CT molecular complexity index is 1020. The predicted octanol–water partition coefficient (Wildman–Crippen LogP) is 3.32. The van der Waals surface area contributed by atoms with Crippen LogP contribution in [-0.2, 0) is 17.9 Å². The molecular weight excluding hydrogens is 426 g/mol. The van der Waals surface area contributed by atoms with Crippen LogP contribution in [0.5, 0.6) is 0 Å². The van der Waals surface area contributed by atoms with Gasteiger partial charge in [0.05, 0.1) is 22.9 Å². The summed E-state index contributed by atoms with van der Waals surface area (Å²) in [6.45, 7) is 5.18. The number of halogens is 1. The highest BCUT2D eigenvalue weighted by molar-refractivity contribution is 7.99. The Balaban J connectivity index is 1.41. The molecule has 1 saturated carbocycles. The normalized spacial score (nSPS) is 13.7. The summed E-state index contributed by atoms with van der Waals surface area (Å²) in [5.74, 6) is 1.40. The van der Waals surface area contributed by atoms with E-state index in [2.05, 4.69) is 39.6 Å². The smallest absolute Gasteiger partial charge is 0.249 e. The standard InChI is InChI=1S/C19H22ClN7O2S/c1-12(2)9-27-19(23-24-25-27)30-11-17(28)26(13-7-8-13)10-16-21-22-18(29-16)14-5-3-4-6-15(14)20/h3-6,12-13H,7-11H2,1-2H3. The van der Waals surface area contributed by atoms with Gasteiger partial charge in [-0.2, -0.15) is 0 Å². The van der Waals surface area contributed by atoms with E-state index in [0.29, 0.717) is 40.0 Å². The van der Waals surface area contributed by atoms with E-state index in [1.54, 1.807) is 15.6 Å². The second-order valence-corrected chi connectivity index (χ2v) is 8.91. The third-order valence-corrected chi connectivity index (χ3v) is 5.82. The van der Waals surface area contributed by atoms with Crippen LogP contribution in [0.25, 0.3) is 11.5 Å². The SMILES string of the molecule is CC(C)Cn1nnnc1SCC(=O)N(Cc1nnc(-c2ccccc2Cl)o1)C1CC1. The van der Waals surface area contributed by atoms with Gasteiger partial charge in [-0.15, -0.1) is 15.3 Å². The van der Waals surface area contributed by atoms with Crippen molar-refractivity contribution in [3.8, 4) is 11.5 Å². The highest BCUT2D eigenvalue weighted by Crippen LogP contribution is 2.31. The van der Waals surface area contributed by atoms with Crippen LogP contribution < -0.4 is 0 Å². The van der Waals surface area contributed by atoms with E-state index in [9.17, 15) is 4.79 Å². The van der Waals surface area contributed by atoms with Crippen molar-refractivity contribution >= 4 is 29.3 Å². The monoisotopic (exact) mass is 447 g/mol. The van der Waals surface area contributed by atoms with Crippen LogP contribution in [0.1, 0.15) is 32.6 Å². The van der Waals surface area contributed by atoms with Crippen molar-refractivity contribution in [1.82, 2.24) is 35.3 Å². The molecule has 1 aliphatic carbocycles. The van der Waals surface area contributed by atoms with E-state index in [1.807, 2.05) is 18.2 Å². The topological polar surface area (TPSA) is 103 Å². The van der Waals surface area contributed by atoms with Gasteiger partial charge in [-0.25, -0.2) is 4.68 Å². The average Bonchev–Trinajstić information content (AvgIpc) is 3.29. The van der Waals surface area contributed by atoms with Gasteiger partial charge in [0, 0.05) is 12.6 Å². The van der Waals surface area contributed by atoms with Crippen LogP contribution in [0.2, 0.25) is 5.02 Å². The van der Waals surface area contributed by atoms with Crippen molar-refractivity contribution in [3.63, 3.8) is 0 Å². The second-order valence-electron chi connectivity index (χ2n) is 7.56. The van der Waals surface area contributed by atoms with Crippen molar-refractivity contribution < 1.29 is 9.21 Å². The first-order valence-electron chi connectivity index (χ1n) is 9.77. The average molecular weight is 448 g/mol. The number of tetrazole rings is 1. The first-order chi connectivity index (χ1) is 14.5. The molecule has 0 unspecified atom stereocenters. The first-order valence-corrected chi connectivity index (χ1v) is 11.1. The molecule has 0 spiro atoms. The van der Waals surface area contributed by atoms with Gasteiger partial charge < -0.3 is 9.32 Å². The van der Waals surface area contributed by atoms with Crippen LogP contribution >= 0.6 is 23.4 Å². The van der Waals surface area contributed by atoms with E-state index in [0.717, 1.165) is 12.8 Å². The van der Waals surface area contributed by atoms with E-state index in [1.165, 1.54) is 11.8 Å². The van der Waals surface area contributed by atoms with Gasteiger partial charge in [0.1, 0.15) is 0 Å². The molecule has 3 aromatic rings. The molecule has 0 atom stereocenters. The molecule has 2 heterocycles. The number of amides is 1. The minimum atomic E-state index is -0.000842. The lowest BCUT2D eigenvalue weighted by Gasteiger charge is -2.20. The van der Waals surface area contributed by atoms with Crippen molar-refractivity contribution in [2.24, 2.45) is 5.92 Å². The molecule has 1 fully saturated rings. The summed E-state index contributed by atoms with van der Waals surface area (Å²) in [6.07, 6.45) is 1.96. The lowest BCUT2D eigenvalue weighted by atomic mass is 10.2. The van der Waals surface area contributed by atoms with Gasteiger partial charge >= 0.3 is 0 Å². The fourth-order valence-corrected chi connectivity index (χ4v) is 3.97. The third kappa shape index (κ3) is 4.99. The Morgan fingerprint density at radius 2 is 2.10 bits per heavy atom. The van der Waals surface area contributed by atoms with E-state index in [4.69, 9.17) is 16.0 Å². The number of aromatic nitrogens is 6. The Morgan fingerprint density at radius 1 is 1.30 bits per heavy atom. The first kappa shape index (κ1) is 20.8. The molecule has 0 bridgehead atoms. The summed E-state index contributed by atoms with van der Waals surface area (Å²) in [7, 11) is 0. The number of thioether (sulfide) groups is 1. The maximum absolute atomic E-state index is 12.9. The van der Waals surface area contributed by atoms with Crippen LogP contribution in [0.4, 0.5) is 0 Å². The number of carbonyl (C=O) groups is 1. The molecule has 0 N–H and O–H groups in total. The fraction of sp³-hybridized carbons (Fsp3) is 0.474. The molecule has 2 aromatic heterocycles. The van der Waals surface area contributed by atoms with Gasteiger partial charge in [0.25, 0.3) is 0 Å². The molecule has 0 aliphatic heterocycles. The maximum atomic E-state index is 12.9. The number of hydrogen-bond acceptors (Lipinski definition) is 8. The zero-order chi connectivity index (χ0) is 21.1. The number of benzene rings is 1. The largest absolute Gasteiger partial charge is 0.419 e.